The lowest BCUT2D eigenvalue weighted by atomic mass is 10.2. The molecule has 1 aromatic rings. The fourth-order valence-corrected chi connectivity index (χ4v) is 1.67. The molecule has 0 aliphatic carbocycles. The van der Waals surface area contributed by atoms with Crippen molar-refractivity contribution in [2.24, 2.45) is 0 Å². The Hall–Kier alpha value is -0.570. The van der Waals surface area contributed by atoms with Crippen LogP contribution in [0.2, 0.25) is 5.02 Å². The molecule has 90 valence electrons. The molecule has 1 aromatic carbocycles. The number of halogens is 1. The SMILES string of the molecule is CCNCC(C)N(C)Cc1ccc(Cl)cc1. The maximum absolute atomic E-state index is 5.86. The van der Waals surface area contributed by atoms with Gasteiger partial charge in [0.15, 0.2) is 0 Å². The van der Waals surface area contributed by atoms with E-state index >= 15 is 0 Å². The second kappa shape index (κ2) is 6.89. The van der Waals surface area contributed by atoms with E-state index in [9.17, 15) is 0 Å². The van der Waals surface area contributed by atoms with Crippen LogP contribution in [0, 0.1) is 0 Å². The van der Waals surface area contributed by atoms with Crippen LogP contribution in [0.25, 0.3) is 0 Å². The van der Waals surface area contributed by atoms with Gasteiger partial charge in [-0.05, 0) is 38.2 Å². The molecular weight excluding hydrogens is 220 g/mol. The van der Waals surface area contributed by atoms with Crippen LogP contribution in [0.3, 0.4) is 0 Å². The fourth-order valence-electron chi connectivity index (χ4n) is 1.54. The number of nitrogens with one attached hydrogen (secondary N) is 1. The molecule has 0 spiro atoms. The van der Waals surface area contributed by atoms with Crippen molar-refractivity contribution in [2.75, 3.05) is 20.1 Å². The van der Waals surface area contributed by atoms with Gasteiger partial charge in [0.05, 0.1) is 0 Å². The summed E-state index contributed by atoms with van der Waals surface area (Å²) in [6.07, 6.45) is 0. The number of benzene rings is 1. The summed E-state index contributed by atoms with van der Waals surface area (Å²) in [6, 6.07) is 8.59. The predicted molar refractivity (Wildman–Crippen MR) is 70.9 cm³/mol. The van der Waals surface area contributed by atoms with Crippen LogP contribution in [0.15, 0.2) is 24.3 Å². The minimum atomic E-state index is 0.538. The molecule has 1 rings (SSSR count). The standard InChI is InChI=1S/C13H21ClN2/c1-4-15-9-11(2)16(3)10-12-5-7-13(14)8-6-12/h5-8,11,15H,4,9-10H2,1-3H3. The Morgan fingerprint density at radius 3 is 2.50 bits per heavy atom. The zero-order valence-electron chi connectivity index (χ0n) is 10.3. The maximum Gasteiger partial charge on any atom is 0.0406 e. The quantitative estimate of drug-likeness (QED) is 0.823. The average Bonchev–Trinajstić information content (AvgIpc) is 2.29. The smallest absolute Gasteiger partial charge is 0.0406 e. The summed E-state index contributed by atoms with van der Waals surface area (Å²) in [5.41, 5.74) is 1.30. The first-order chi connectivity index (χ1) is 7.63. The summed E-state index contributed by atoms with van der Waals surface area (Å²) in [7, 11) is 2.15. The highest BCUT2D eigenvalue weighted by Crippen LogP contribution is 2.11. The summed E-state index contributed by atoms with van der Waals surface area (Å²) in [5.74, 6) is 0. The Labute approximate surface area is 104 Å². The lowest BCUT2D eigenvalue weighted by molar-refractivity contribution is 0.244. The van der Waals surface area contributed by atoms with Gasteiger partial charge in [0, 0.05) is 24.2 Å². The number of rotatable bonds is 6. The van der Waals surface area contributed by atoms with Gasteiger partial charge in [0.2, 0.25) is 0 Å². The largest absolute Gasteiger partial charge is 0.315 e. The first-order valence-corrected chi connectivity index (χ1v) is 6.16. The topological polar surface area (TPSA) is 15.3 Å². The second-order valence-corrected chi connectivity index (χ2v) is 4.63. The van der Waals surface area contributed by atoms with E-state index in [1.165, 1.54) is 5.56 Å². The van der Waals surface area contributed by atoms with E-state index in [2.05, 4.69) is 43.2 Å². The molecule has 0 aliphatic rings. The number of hydrogen-bond donors (Lipinski definition) is 1. The third kappa shape index (κ3) is 4.52. The normalized spacial score (nSPS) is 13.1. The van der Waals surface area contributed by atoms with Crippen molar-refractivity contribution in [3.05, 3.63) is 34.9 Å². The van der Waals surface area contributed by atoms with Crippen LogP contribution in [0.1, 0.15) is 19.4 Å². The van der Waals surface area contributed by atoms with Gasteiger partial charge < -0.3 is 5.32 Å². The van der Waals surface area contributed by atoms with Crippen LogP contribution in [-0.4, -0.2) is 31.1 Å². The molecule has 2 nitrogen and oxygen atoms in total. The second-order valence-electron chi connectivity index (χ2n) is 4.20. The molecule has 3 heteroatoms. The number of hydrogen-bond acceptors (Lipinski definition) is 2. The van der Waals surface area contributed by atoms with Crippen LogP contribution in [0.5, 0.6) is 0 Å². The van der Waals surface area contributed by atoms with Gasteiger partial charge in [-0.2, -0.15) is 0 Å². The van der Waals surface area contributed by atoms with Crippen LogP contribution < -0.4 is 5.32 Å². The van der Waals surface area contributed by atoms with Gasteiger partial charge in [-0.1, -0.05) is 30.7 Å². The van der Waals surface area contributed by atoms with E-state index in [4.69, 9.17) is 11.6 Å². The highest BCUT2D eigenvalue weighted by Gasteiger charge is 2.08. The highest BCUT2D eigenvalue weighted by molar-refractivity contribution is 6.30. The van der Waals surface area contributed by atoms with Crippen LogP contribution >= 0.6 is 11.6 Å². The number of nitrogens with zero attached hydrogens (tertiary/aromatic N) is 1. The van der Waals surface area contributed by atoms with Gasteiger partial charge in [-0.25, -0.2) is 0 Å². The first-order valence-electron chi connectivity index (χ1n) is 5.79. The molecule has 0 saturated carbocycles. The Morgan fingerprint density at radius 1 is 1.31 bits per heavy atom. The monoisotopic (exact) mass is 240 g/mol. The van der Waals surface area contributed by atoms with Gasteiger partial charge in [0.1, 0.15) is 0 Å². The molecule has 0 heterocycles. The maximum atomic E-state index is 5.86. The molecule has 0 aliphatic heterocycles. The molecule has 0 radical (unpaired) electrons. The molecule has 0 fully saturated rings. The molecule has 0 saturated heterocycles. The molecule has 0 amide bonds. The molecule has 0 aromatic heterocycles. The molecule has 1 unspecified atom stereocenters. The van der Waals surface area contributed by atoms with Gasteiger partial charge >= 0.3 is 0 Å². The summed E-state index contributed by atoms with van der Waals surface area (Å²) < 4.78 is 0. The van der Waals surface area contributed by atoms with Crippen LogP contribution in [0.4, 0.5) is 0 Å². The summed E-state index contributed by atoms with van der Waals surface area (Å²) in [5, 5.41) is 4.16. The predicted octanol–water partition coefficient (Wildman–Crippen LogP) is 2.77. The lowest BCUT2D eigenvalue weighted by Gasteiger charge is -2.24. The lowest BCUT2D eigenvalue weighted by Crippen LogP contribution is -2.37. The first kappa shape index (κ1) is 13.5. The van der Waals surface area contributed by atoms with Gasteiger partial charge in [-0.15, -0.1) is 0 Å². The molecule has 0 bridgehead atoms. The zero-order chi connectivity index (χ0) is 12.0. The van der Waals surface area contributed by atoms with Crippen molar-refractivity contribution >= 4 is 11.6 Å². The Bertz CT molecular complexity index is 297. The van der Waals surface area contributed by atoms with E-state index < -0.39 is 0 Å². The summed E-state index contributed by atoms with van der Waals surface area (Å²) in [4.78, 5) is 2.34. The van der Waals surface area contributed by atoms with Gasteiger partial charge in [0.25, 0.3) is 0 Å². The van der Waals surface area contributed by atoms with Crippen molar-refractivity contribution < 1.29 is 0 Å². The molecule has 1 atom stereocenters. The molecule has 16 heavy (non-hydrogen) atoms. The average molecular weight is 241 g/mol. The Kier molecular flexibility index (Phi) is 5.81. The van der Waals surface area contributed by atoms with E-state index in [0.717, 1.165) is 24.7 Å². The van der Waals surface area contributed by atoms with E-state index in [0.29, 0.717) is 6.04 Å². The van der Waals surface area contributed by atoms with Crippen LogP contribution in [-0.2, 0) is 6.54 Å². The third-order valence-electron chi connectivity index (χ3n) is 2.79. The number of likely N-dealkylation sites (N-methyl/N-ethyl adjacent to an activating group) is 2. The van der Waals surface area contributed by atoms with E-state index in [-0.39, 0.29) is 0 Å². The minimum absolute atomic E-state index is 0.538. The third-order valence-corrected chi connectivity index (χ3v) is 3.04. The molecule has 1 N–H and O–H groups in total. The van der Waals surface area contributed by atoms with Gasteiger partial charge in [-0.3, -0.25) is 4.90 Å². The van der Waals surface area contributed by atoms with Crippen molar-refractivity contribution in [3.63, 3.8) is 0 Å². The van der Waals surface area contributed by atoms with Crippen molar-refractivity contribution in [2.45, 2.75) is 26.4 Å². The summed E-state index contributed by atoms with van der Waals surface area (Å²) in [6.45, 7) is 7.38. The highest BCUT2D eigenvalue weighted by atomic mass is 35.5. The van der Waals surface area contributed by atoms with Crippen molar-refractivity contribution in [1.82, 2.24) is 10.2 Å². The van der Waals surface area contributed by atoms with Crippen molar-refractivity contribution in [1.29, 1.82) is 0 Å². The molecular formula is C13H21ClN2. The Morgan fingerprint density at radius 2 is 1.94 bits per heavy atom. The van der Waals surface area contributed by atoms with E-state index in [1.54, 1.807) is 0 Å². The Balaban J connectivity index is 2.43. The van der Waals surface area contributed by atoms with E-state index in [1.807, 2.05) is 12.1 Å². The fraction of sp³-hybridized carbons (Fsp3) is 0.538. The zero-order valence-corrected chi connectivity index (χ0v) is 11.1. The summed E-state index contributed by atoms with van der Waals surface area (Å²) >= 11 is 5.86. The van der Waals surface area contributed by atoms with Crippen molar-refractivity contribution in [3.8, 4) is 0 Å². The minimum Gasteiger partial charge on any atom is -0.315 e.